The highest BCUT2D eigenvalue weighted by Crippen LogP contribution is 2.23. The van der Waals surface area contributed by atoms with Crippen LogP contribution in [0, 0.1) is 5.92 Å². The quantitative estimate of drug-likeness (QED) is 0.802. The lowest BCUT2D eigenvalue weighted by Crippen LogP contribution is -2.42. The summed E-state index contributed by atoms with van der Waals surface area (Å²) in [6.07, 6.45) is 0. The molecule has 4 nitrogen and oxygen atoms in total. The zero-order valence-corrected chi connectivity index (χ0v) is 13.7. The molecule has 20 heavy (non-hydrogen) atoms. The highest BCUT2D eigenvalue weighted by molar-refractivity contribution is 7.87. The Kier molecular flexibility index (Phi) is 6.65. The molecule has 0 radical (unpaired) electrons. The predicted octanol–water partition coefficient (Wildman–Crippen LogP) is 2.60. The molecular formula is C15H26N2O2S. The molecule has 0 amide bonds. The second kappa shape index (κ2) is 7.76. The Labute approximate surface area is 123 Å². The average Bonchev–Trinajstić information content (AvgIpc) is 2.40. The minimum atomic E-state index is -3.38. The lowest BCUT2D eigenvalue weighted by molar-refractivity contribution is 0.423. The van der Waals surface area contributed by atoms with E-state index in [0.29, 0.717) is 25.6 Å². The molecule has 0 aromatic heterocycles. The molecule has 0 bridgehead atoms. The monoisotopic (exact) mass is 298 g/mol. The zero-order valence-electron chi connectivity index (χ0n) is 12.8. The fourth-order valence-electron chi connectivity index (χ4n) is 2.29. The average molecular weight is 298 g/mol. The number of nitrogens with zero attached hydrogens (tertiary/aromatic N) is 1. The lowest BCUT2D eigenvalue weighted by atomic mass is 9.89. The van der Waals surface area contributed by atoms with Crippen LogP contribution in [-0.4, -0.2) is 32.4 Å². The van der Waals surface area contributed by atoms with Gasteiger partial charge in [-0.25, -0.2) is 4.72 Å². The normalized spacial score (nSPS) is 13.9. The third kappa shape index (κ3) is 4.58. The van der Waals surface area contributed by atoms with Gasteiger partial charge in [0.25, 0.3) is 10.2 Å². The molecule has 0 heterocycles. The standard InChI is InChI=1S/C15H26N2O2S/c1-5-17(6-2)20(18,19)16-12-15(13(3)4)14-10-8-7-9-11-14/h7-11,13,15-16H,5-6,12H2,1-4H3/t15-/m1/s1. The van der Waals surface area contributed by atoms with Crippen molar-refractivity contribution in [3.05, 3.63) is 35.9 Å². The predicted molar refractivity (Wildman–Crippen MR) is 83.9 cm³/mol. The Morgan fingerprint density at radius 2 is 1.65 bits per heavy atom. The summed E-state index contributed by atoms with van der Waals surface area (Å²) in [5.74, 6) is 0.554. The van der Waals surface area contributed by atoms with Crippen LogP contribution in [0.3, 0.4) is 0 Å². The van der Waals surface area contributed by atoms with E-state index < -0.39 is 10.2 Å². The van der Waals surface area contributed by atoms with E-state index in [4.69, 9.17) is 0 Å². The van der Waals surface area contributed by atoms with Gasteiger partial charge in [-0.1, -0.05) is 58.0 Å². The summed E-state index contributed by atoms with van der Waals surface area (Å²) in [4.78, 5) is 0. The van der Waals surface area contributed by atoms with Crippen molar-refractivity contribution >= 4 is 10.2 Å². The molecule has 0 spiro atoms. The van der Waals surface area contributed by atoms with E-state index in [9.17, 15) is 8.42 Å². The molecule has 1 aromatic rings. The Morgan fingerprint density at radius 3 is 2.10 bits per heavy atom. The van der Waals surface area contributed by atoms with Crippen LogP contribution >= 0.6 is 0 Å². The number of hydrogen-bond donors (Lipinski definition) is 1. The summed E-state index contributed by atoms with van der Waals surface area (Å²) >= 11 is 0. The molecule has 1 N–H and O–H groups in total. The van der Waals surface area contributed by atoms with Crippen molar-refractivity contribution in [2.45, 2.75) is 33.6 Å². The van der Waals surface area contributed by atoms with E-state index >= 15 is 0 Å². The molecule has 0 fully saturated rings. The summed E-state index contributed by atoms with van der Waals surface area (Å²) in [5.41, 5.74) is 1.17. The van der Waals surface area contributed by atoms with Crippen molar-refractivity contribution in [3.63, 3.8) is 0 Å². The minimum absolute atomic E-state index is 0.182. The van der Waals surface area contributed by atoms with E-state index in [2.05, 4.69) is 30.7 Å². The van der Waals surface area contributed by atoms with E-state index in [0.717, 1.165) is 0 Å². The number of benzene rings is 1. The number of rotatable bonds is 8. The largest absolute Gasteiger partial charge is 0.279 e. The van der Waals surface area contributed by atoms with E-state index in [1.54, 1.807) is 0 Å². The Bertz CT molecular complexity index is 482. The minimum Gasteiger partial charge on any atom is -0.201 e. The maximum atomic E-state index is 12.2. The van der Waals surface area contributed by atoms with Crippen molar-refractivity contribution in [2.75, 3.05) is 19.6 Å². The smallest absolute Gasteiger partial charge is 0.201 e. The summed E-state index contributed by atoms with van der Waals surface area (Å²) in [5, 5.41) is 0. The van der Waals surface area contributed by atoms with Crippen molar-refractivity contribution in [1.82, 2.24) is 9.03 Å². The fourth-order valence-corrected chi connectivity index (χ4v) is 3.54. The van der Waals surface area contributed by atoms with Crippen LogP contribution in [0.25, 0.3) is 0 Å². The molecule has 1 rings (SSSR count). The SMILES string of the molecule is CCN(CC)S(=O)(=O)NC[C@@H](c1ccccc1)C(C)C. The van der Waals surface area contributed by atoms with Gasteiger partial charge in [-0.3, -0.25) is 0 Å². The second-order valence-electron chi connectivity index (χ2n) is 5.20. The fraction of sp³-hybridized carbons (Fsp3) is 0.600. The van der Waals surface area contributed by atoms with Crippen molar-refractivity contribution in [1.29, 1.82) is 0 Å². The van der Waals surface area contributed by atoms with Crippen molar-refractivity contribution < 1.29 is 8.42 Å². The summed E-state index contributed by atoms with van der Waals surface area (Å²) in [6.45, 7) is 9.33. The van der Waals surface area contributed by atoms with Crippen LogP contribution in [0.2, 0.25) is 0 Å². The summed E-state index contributed by atoms with van der Waals surface area (Å²) in [7, 11) is -3.38. The van der Waals surface area contributed by atoms with Crippen LogP contribution in [0.4, 0.5) is 0 Å². The molecule has 1 atom stereocenters. The molecule has 0 unspecified atom stereocenters. The van der Waals surface area contributed by atoms with Gasteiger partial charge in [0.2, 0.25) is 0 Å². The first kappa shape index (κ1) is 17.1. The molecule has 0 aliphatic heterocycles. The van der Waals surface area contributed by atoms with Crippen molar-refractivity contribution in [3.8, 4) is 0 Å². The van der Waals surface area contributed by atoms with E-state index in [-0.39, 0.29) is 5.92 Å². The van der Waals surface area contributed by atoms with Crippen LogP contribution in [0.5, 0.6) is 0 Å². The number of nitrogens with one attached hydrogen (secondary N) is 1. The topological polar surface area (TPSA) is 49.4 Å². The molecule has 5 heteroatoms. The summed E-state index contributed by atoms with van der Waals surface area (Å²) in [6, 6.07) is 10.1. The number of hydrogen-bond acceptors (Lipinski definition) is 2. The molecule has 114 valence electrons. The van der Waals surface area contributed by atoms with Gasteiger partial charge < -0.3 is 0 Å². The molecule has 1 aromatic carbocycles. The van der Waals surface area contributed by atoms with Crippen LogP contribution < -0.4 is 4.72 Å². The lowest BCUT2D eigenvalue weighted by Gasteiger charge is -2.24. The second-order valence-corrected chi connectivity index (χ2v) is 6.95. The van der Waals surface area contributed by atoms with Gasteiger partial charge in [0, 0.05) is 19.6 Å². The zero-order chi connectivity index (χ0) is 15.2. The third-order valence-electron chi connectivity index (χ3n) is 3.56. The van der Waals surface area contributed by atoms with Gasteiger partial charge in [0.1, 0.15) is 0 Å². The van der Waals surface area contributed by atoms with Crippen LogP contribution in [0.1, 0.15) is 39.2 Å². The van der Waals surface area contributed by atoms with Gasteiger partial charge in [-0.2, -0.15) is 12.7 Å². The molecule has 0 aliphatic carbocycles. The van der Waals surface area contributed by atoms with E-state index in [1.807, 2.05) is 32.0 Å². The maximum Gasteiger partial charge on any atom is 0.279 e. The molecule has 0 saturated carbocycles. The molecule has 0 aliphatic rings. The van der Waals surface area contributed by atoms with Crippen LogP contribution in [0.15, 0.2) is 30.3 Å². The molecular weight excluding hydrogens is 272 g/mol. The van der Waals surface area contributed by atoms with Gasteiger partial charge in [-0.05, 0) is 17.4 Å². The Morgan fingerprint density at radius 1 is 1.10 bits per heavy atom. The molecule has 0 saturated heterocycles. The highest BCUT2D eigenvalue weighted by atomic mass is 32.2. The first-order valence-corrected chi connectivity index (χ1v) is 8.66. The highest BCUT2D eigenvalue weighted by Gasteiger charge is 2.22. The first-order chi connectivity index (χ1) is 9.42. The Hall–Kier alpha value is -0.910. The van der Waals surface area contributed by atoms with Gasteiger partial charge >= 0.3 is 0 Å². The Balaban J connectivity index is 2.79. The van der Waals surface area contributed by atoms with Gasteiger partial charge in [0.15, 0.2) is 0 Å². The van der Waals surface area contributed by atoms with Crippen molar-refractivity contribution in [2.24, 2.45) is 5.92 Å². The van der Waals surface area contributed by atoms with Crippen LogP contribution in [-0.2, 0) is 10.2 Å². The summed E-state index contributed by atoms with van der Waals surface area (Å²) < 4.78 is 28.5. The van der Waals surface area contributed by atoms with Gasteiger partial charge in [-0.15, -0.1) is 0 Å². The van der Waals surface area contributed by atoms with Gasteiger partial charge in [0.05, 0.1) is 0 Å². The first-order valence-electron chi connectivity index (χ1n) is 7.22. The third-order valence-corrected chi connectivity index (χ3v) is 5.29. The van der Waals surface area contributed by atoms with E-state index in [1.165, 1.54) is 9.87 Å². The maximum absolute atomic E-state index is 12.2.